The molecule has 0 spiro atoms. The van der Waals surface area contributed by atoms with Crippen molar-refractivity contribution in [2.24, 2.45) is 0 Å². The van der Waals surface area contributed by atoms with Crippen LogP contribution in [0.2, 0.25) is 0 Å². The second kappa shape index (κ2) is 9.80. The van der Waals surface area contributed by atoms with Crippen LogP contribution < -0.4 is 10.1 Å². The molecule has 1 amide bonds. The van der Waals surface area contributed by atoms with Gasteiger partial charge < -0.3 is 23.9 Å². The zero-order chi connectivity index (χ0) is 22.5. The summed E-state index contributed by atoms with van der Waals surface area (Å²) >= 11 is 4.28. The molecule has 0 saturated heterocycles. The van der Waals surface area contributed by atoms with Crippen LogP contribution >= 0.6 is 27.3 Å². The van der Waals surface area contributed by atoms with Crippen LogP contribution in [-0.2, 0) is 16.1 Å². The Morgan fingerprint density at radius 1 is 1.03 bits per heavy atom. The van der Waals surface area contributed by atoms with Crippen molar-refractivity contribution in [3.63, 3.8) is 0 Å². The quantitative estimate of drug-likeness (QED) is 0.457. The predicted molar refractivity (Wildman–Crippen MR) is 117 cm³/mol. The smallest absolute Gasteiger partial charge is 0.348 e. The first-order chi connectivity index (χ1) is 14.8. The standard InChI is InChI=1S/C21H18BrNO7S/c1-11-16(20(25)27-2)19(31-17(11)21(26)28-3)23-18(24)15-9-8-14(30-15)10-29-13-6-4-12(22)5-7-13/h4-9H,10H2,1-3H3,(H,23,24). The molecule has 162 valence electrons. The molecular weight excluding hydrogens is 490 g/mol. The number of nitrogens with one attached hydrogen (secondary N) is 1. The van der Waals surface area contributed by atoms with E-state index in [-0.39, 0.29) is 27.8 Å². The van der Waals surface area contributed by atoms with Gasteiger partial charge >= 0.3 is 11.9 Å². The van der Waals surface area contributed by atoms with Gasteiger partial charge in [-0.2, -0.15) is 0 Å². The lowest BCUT2D eigenvalue weighted by Crippen LogP contribution is -2.13. The predicted octanol–water partition coefficient (Wildman–Crippen LogP) is 4.82. The van der Waals surface area contributed by atoms with Crippen LogP contribution in [0.25, 0.3) is 0 Å². The molecule has 31 heavy (non-hydrogen) atoms. The number of anilines is 1. The van der Waals surface area contributed by atoms with Crippen molar-refractivity contribution in [2.75, 3.05) is 19.5 Å². The molecule has 0 bridgehead atoms. The number of methoxy groups -OCH3 is 2. The third-order valence-corrected chi connectivity index (χ3v) is 5.93. The van der Waals surface area contributed by atoms with Gasteiger partial charge in [-0.25, -0.2) is 9.59 Å². The van der Waals surface area contributed by atoms with Crippen molar-refractivity contribution in [3.05, 3.63) is 68.4 Å². The van der Waals surface area contributed by atoms with Crippen LogP contribution in [0.15, 0.2) is 45.3 Å². The number of benzene rings is 1. The maximum absolute atomic E-state index is 12.6. The zero-order valence-electron chi connectivity index (χ0n) is 16.8. The van der Waals surface area contributed by atoms with Gasteiger partial charge in [-0.15, -0.1) is 11.3 Å². The van der Waals surface area contributed by atoms with Gasteiger partial charge in [0.1, 0.15) is 28.0 Å². The van der Waals surface area contributed by atoms with Crippen LogP contribution in [0.3, 0.4) is 0 Å². The van der Waals surface area contributed by atoms with Crippen molar-refractivity contribution in [1.29, 1.82) is 0 Å². The van der Waals surface area contributed by atoms with Gasteiger partial charge in [0.2, 0.25) is 0 Å². The van der Waals surface area contributed by atoms with Crippen molar-refractivity contribution in [3.8, 4) is 5.75 Å². The third-order valence-electron chi connectivity index (χ3n) is 4.21. The lowest BCUT2D eigenvalue weighted by atomic mass is 10.1. The van der Waals surface area contributed by atoms with Gasteiger partial charge in [-0.1, -0.05) is 15.9 Å². The second-order valence-corrected chi connectivity index (χ2v) is 8.14. The largest absolute Gasteiger partial charge is 0.486 e. The molecule has 0 fully saturated rings. The fourth-order valence-corrected chi connectivity index (χ4v) is 4.04. The summed E-state index contributed by atoms with van der Waals surface area (Å²) in [6.45, 7) is 1.71. The van der Waals surface area contributed by atoms with E-state index >= 15 is 0 Å². The number of halogens is 1. The minimum absolute atomic E-state index is 0.0240. The van der Waals surface area contributed by atoms with E-state index in [9.17, 15) is 14.4 Å². The molecule has 0 unspecified atom stereocenters. The highest BCUT2D eigenvalue weighted by atomic mass is 79.9. The number of ether oxygens (including phenoxy) is 3. The van der Waals surface area contributed by atoms with Crippen LogP contribution in [0.1, 0.15) is 41.9 Å². The molecule has 10 heteroatoms. The van der Waals surface area contributed by atoms with Gasteiger partial charge in [-0.05, 0) is 48.9 Å². The Morgan fingerprint density at radius 3 is 2.35 bits per heavy atom. The molecule has 1 aromatic carbocycles. The Hall–Kier alpha value is -3.11. The maximum atomic E-state index is 12.6. The van der Waals surface area contributed by atoms with E-state index in [1.807, 2.05) is 12.1 Å². The Bertz CT molecular complexity index is 1120. The number of thiophene rings is 1. The van der Waals surface area contributed by atoms with Gasteiger partial charge in [-0.3, -0.25) is 4.79 Å². The Kier molecular flexibility index (Phi) is 7.13. The lowest BCUT2D eigenvalue weighted by Gasteiger charge is -2.05. The Morgan fingerprint density at radius 2 is 1.71 bits per heavy atom. The van der Waals surface area contributed by atoms with E-state index in [0.717, 1.165) is 15.8 Å². The molecule has 0 saturated carbocycles. The number of amides is 1. The summed E-state index contributed by atoms with van der Waals surface area (Å²) in [7, 11) is 2.45. The van der Waals surface area contributed by atoms with E-state index in [1.165, 1.54) is 20.3 Å². The minimum Gasteiger partial charge on any atom is -0.486 e. The number of furan rings is 1. The highest BCUT2D eigenvalue weighted by Gasteiger charge is 2.27. The van der Waals surface area contributed by atoms with Crippen LogP contribution in [-0.4, -0.2) is 32.1 Å². The number of carbonyl (C=O) groups excluding carboxylic acids is 3. The van der Waals surface area contributed by atoms with Gasteiger partial charge in [0.25, 0.3) is 5.91 Å². The molecular formula is C21H18BrNO7S. The molecule has 0 aliphatic rings. The average molecular weight is 508 g/mol. The zero-order valence-corrected chi connectivity index (χ0v) is 19.2. The molecule has 0 aliphatic heterocycles. The molecule has 3 rings (SSSR count). The highest BCUT2D eigenvalue weighted by molar-refractivity contribution is 9.10. The summed E-state index contributed by atoms with van der Waals surface area (Å²) in [6.07, 6.45) is 0. The molecule has 0 radical (unpaired) electrons. The SMILES string of the molecule is COC(=O)c1sc(NC(=O)c2ccc(COc3ccc(Br)cc3)o2)c(C(=O)OC)c1C. The van der Waals surface area contributed by atoms with Crippen LogP contribution in [0.5, 0.6) is 5.75 Å². The molecule has 0 aliphatic carbocycles. The first-order valence-corrected chi connectivity index (χ1v) is 10.5. The van der Waals surface area contributed by atoms with Crippen LogP contribution in [0.4, 0.5) is 5.00 Å². The molecule has 8 nitrogen and oxygen atoms in total. The Labute approximate surface area is 190 Å². The summed E-state index contributed by atoms with van der Waals surface area (Å²) in [5.41, 5.74) is 0.452. The first kappa shape index (κ1) is 22.6. The van der Waals surface area contributed by atoms with E-state index < -0.39 is 17.8 Å². The maximum Gasteiger partial charge on any atom is 0.348 e. The summed E-state index contributed by atoms with van der Waals surface area (Å²) in [4.78, 5) is 37.0. The topological polar surface area (TPSA) is 104 Å². The molecule has 1 N–H and O–H groups in total. The van der Waals surface area contributed by atoms with E-state index in [2.05, 4.69) is 21.2 Å². The Balaban J connectivity index is 1.75. The summed E-state index contributed by atoms with van der Waals surface area (Å²) in [5.74, 6) is -0.758. The number of carbonyl (C=O) groups is 3. The van der Waals surface area contributed by atoms with E-state index in [4.69, 9.17) is 18.6 Å². The second-order valence-electron chi connectivity index (χ2n) is 6.21. The van der Waals surface area contributed by atoms with Gasteiger partial charge in [0, 0.05) is 4.47 Å². The minimum atomic E-state index is -0.678. The normalized spacial score (nSPS) is 10.5. The summed E-state index contributed by atoms with van der Waals surface area (Å²) in [6, 6.07) is 10.4. The summed E-state index contributed by atoms with van der Waals surface area (Å²) < 4.78 is 21.6. The van der Waals surface area contributed by atoms with E-state index in [0.29, 0.717) is 17.1 Å². The summed E-state index contributed by atoms with van der Waals surface area (Å²) in [5, 5.41) is 2.77. The molecule has 3 aromatic rings. The average Bonchev–Trinajstić information content (AvgIpc) is 3.37. The number of hydrogen-bond donors (Lipinski definition) is 1. The van der Waals surface area contributed by atoms with Gasteiger partial charge in [0.05, 0.1) is 19.8 Å². The monoisotopic (exact) mass is 507 g/mol. The van der Waals surface area contributed by atoms with Crippen molar-refractivity contribution >= 4 is 50.1 Å². The van der Waals surface area contributed by atoms with Gasteiger partial charge in [0.15, 0.2) is 5.76 Å². The molecule has 2 heterocycles. The fraction of sp³-hybridized carbons (Fsp3) is 0.190. The van der Waals surface area contributed by atoms with Crippen molar-refractivity contribution in [1.82, 2.24) is 0 Å². The third kappa shape index (κ3) is 5.15. The van der Waals surface area contributed by atoms with Crippen LogP contribution in [0, 0.1) is 6.92 Å². The fourth-order valence-electron chi connectivity index (χ4n) is 2.66. The lowest BCUT2D eigenvalue weighted by molar-refractivity contribution is 0.0601. The number of rotatable bonds is 7. The van der Waals surface area contributed by atoms with Crippen molar-refractivity contribution < 1.29 is 33.0 Å². The first-order valence-electron chi connectivity index (χ1n) is 8.92. The number of esters is 2. The molecule has 0 atom stereocenters. The molecule has 2 aromatic heterocycles. The highest BCUT2D eigenvalue weighted by Crippen LogP contribution is 2.34. The van der Waals surface area contributed by atoms with E-state index in [1.54, 1.807) is 25.1 Å². The number of hydrogen-bond acceptors (Lipinski definition) is 8. The van der Waals surface area contributed by atoms with Crippen molar-refractivity contribution in [2.45, 2.75) is 13.5 Å².